The number of hydrogen-bond donors (Lipinski definition) is 1. The molecule has 1 amide bonds. The molecule has 2 aromatic carbocycles. The van der Waals surface area contributed by atoms with Crippen LogP contribution in [0.15, 0.2) is 29.2 Å². The highest BCUT2D eigenvalue weighted by Gasteiger charge is 2.30. The maximum atomic E-state index is 12.9. The van der Waals surface area contributed by atoms with Gasteiger partial charge in [-0.1, -0.05) is 23.2 Å². The topological polar surface area (TPSA) is 66.5 Å². The van der Waals surface area contributed by atoms with Crippen LogP contribution in [0, 0.1) is 6.92 Å². The Morgan fingerprint density at radius 2 is 1.70 bits per heavy atom. The second kappa shape index (κ2) is 6.69. The number of benzene rings is 2. The summed E-state index contributed by atoms with van der Waals surface area (Å²) in [4.78, 5) is 14.0. The summed E-state index contributed by atoms with van der Waals surface area (Å²) >= 11 is 12.1. The summed E-state index contributed by atoms with van der Waals surface area (Å²) in [5.74, 6) is 0.139. The molecular weight excluding hydrogens is 407 g/mol. The third-order valence-corrected chi connectivity index (χ3v) is 7.28. The Labute approximate surface area is 168 Å². The van der Waals surface area contributed by atoms with E-state index in [0.29, 0.717) is 29.1 Å². The van der Waals surface area contributed by atoms with Crippen LogP contribution in [0.25, 0.3) is 0 Å². The zero-order chi connectivity index (χ0) is 19.3. The number of carbonyl (C=O) groups excluding carboxylic acids is 1. The monoisotopic (exact) mass is 424 g/mol. The van der Waals surface area contributed by atoms with Crippen LogP contribution in [0.2, 0.25) is 10.0 Å². The van der Waals surface area contributed by atoms with E-state index in [2.05, 4.69) is 4.72 Å². The molecule has 0 fully saturated rings. The molecule has 1 N–H and O–H groups in total. The third kappa shape index (κ3) is 3.30. The van der Waals surface area contributed by atoms with Crippen molar-refractivity contribution in [2.75, 3.05) is 16.2 Å². The number of rotatable bonds is 3. The number of sulfonamides is 1. The molecule has 0 bridgehead atoms. The number of carbonyl (C=O) groups is 1. The van der Waals surface area contributed by atoms with Gasteiger partial charge in [0.1, 0.15) is 4.90 Å². The Bertz CT molecular complexity index is 1050. The number of anilines is 2. The molecule has 0 aromatic heterocycles. The molecule has 0 spiro atoms. The first-order valence-electron chi connectivity index (χ1n) is 8.71. The van der Waals surface area contributed by atoms with Gasteiger partial charge in [-0.25, -0.2) is 8.42 Å². The van der Waals surface area contributed by atoms with Crippen molar-refractivity contribution in [2.45, 2.75) is 37.5 Å². The van der Waals surface area contributed by atoms with Crippen LogP contribution < -0.4 is 9.62 Å². The number of halogens is 2. The third-order valence-electron chi connectivity index (χ3n) is 5.03. The average molecular weight is 425 g/mol. The van der Waals surface area contributed by atoms with E-state index in [1.165, 1.54) is 12.1 Å². The normalized spacial score (nSPS) is 16.3. The molecule has 0 unspecified atom stereocenters. The number of aryl methyl sites for hydroxylation is 3. The van der Waals surface area contributed by atoms with Crippen molar-refractivity contribution < 1.29 is 13.2 Å². The van der Waals surface area contributed by atoms with Gasteiger partial charge >= 0.3 is 0 Å². The van der Waals surface area contributed by atoms with Crippen LogP contribution in [0.5, 0.6) is 0 Å². The second-order valence-electron chi connectivity index (χ2n) is 6.93. The van der Waals surface area contributed by atoms with Crippen LogP contribution in [0.1, 0.15) is 29.5 Å². The van der Waals surface area contributed by atoms with Crippen molar-refractivity contribution in [3.05, 3.63) is 51.0 Å². The molecule has 5 nitrogen and oxygen atoms in total. The molecule has 0 saturated carbocycles. The molecule has 2 heterocycles. The minimum absolute atomic E-state index is 0.00534. The van der Waals surface area contributed by atoms with Gasteiger partial charge in [0.05, 0.1) is 10.7 Å². The highest BCUT2D eigenvalue weighted by atomic mass is 35.5. The molecule has 2 aromatic rings. The molecule has 0 saturated heterocycles. The number of amides is 1. The van der Waals surface area contributed by atoms with E-state index in [4.69, 9.17) is 23.2 Å². The number of hydrogen-bond acceptors (Lipinski definition) is 3. The fraction of sp³-hybridized carbons (Fsp3) is 0.316. The summed E-state index contributed by atoms with van der Waals surface area (Å²) in [5, 5.41) is 0.496. The van der Waals surface area contributed by atoms with Gasteiger partial charge in [-0.3, -0.25) is 9.52 Å². The van der Waals surface area contributed by atoms with Gasteiger partial charge < -0.3 is 4.90 Å². The van der Waals surface area contributed by atoms with E-state index in [1.807, 2.05) is 17.0 Å². The summed E-state index contributed by atoms with van der Waals surface area (Å²) in [6.07, 6.45) is 2.76. The Hall–Kier alpha value is -1.76. The van der Waals surface area contributed by atoms with Gasteiger partial charge in [0.25, 0.3) is 10.0 Å². The van der Waals surface area contributed by atoms with E-state index in [-0.39, 0.29) is 15.8 Å². The van der Waals surface area contributed by atoms with Crippen LogP contribution in [-0.4, -0.2) is 20.9 Å². The number of nitrogens with one attached hydrogen (secondary N) is 1. The molecule has 2 aliphatic rings. The molecule has 0 aliphatic carbocycles. The molecule has 0 radical (unpaired) electrons. The molecule has 142 valence electrons. The minimum Gasteiger partial charge on any atom is -0.312 e. The fourth-order valence-corrected chi connectivity index (χ4v) is 5.63. The quantitative estimate of drug-likeness (QED) is 0.796. The van der Waals surface area contributed by atoms with E-state index in [9.17, 15) is 13.2 Å². The van der Waals surface area contributed by atoms with Crippen molar-refractivity contribution in [1.29, 1.82) is 0 Å². The molecule has 0 atom stereocenters. The lowest BCUT2D eigenvalue weighted by atomic mass is 9.91. The van der Waals surface area contributed by atoms with E-state index >= 15 is 0 Å². The summed E-state index contributed by atoms with van der Waals surface area (Å²) in [6.45, 7) is 2.45. The standard InChI is InChI=1S/C19H18Cl2N2O3S/c1-11-7-17(16(21)10-15(11)20)27(25,26)22-14-8-12-3-2-6-23-18(24)5-4-13(9-14)19(12)23/h7-10,22H,2-6H2,1H3. The molecule has 8 heteroatoms. The largest absolute Gasteiger partial charge is 0.312 e. The highest BCUT2D eigenvalue weighted by Crippen LogP contribution is 2.38. The summed E-state index contributed by atoms with van der Waals surface area (Å²) in [6, 6.07) is 6.54. The van der Waals surface area contributed by atoms with E-state index < -0.39 is 10.0 Å². The summed E-state index contributed by atoms with van der Waals surface area (Å²) < 4.78 is 28.4. The first-order valence-corrected chi connectivity index (χ1v) is 10.9. The van der Waals surface area contributed by atoms with Crippen LogP contribution in [-0.2, 0) is 27.7 Å². The Morgan fingerprint density at radius 1 is 1.00 bits per heavy atom. The van der Waals surface area contributed by atoms with Crippen LogP contribution in [0.4, 0.5) is 11.4 Å². The Kier molecular flexibility index (Phi) is 4.61. The zero-order valence-electron chi connectivity index (χ0n) is 14.7. The van der Waals surface area contributed by atoms with Crippen LogP contribution >= 0.6 is 23.2 Å². The maximum Gasteiger partial charge on any atom is 0.263 e. The number of nitrogens with zero attached hydrogens (tertiary/aromatic N) is 1. The van der Waals surface area contributed by atoms with Crippen molar-refractivity contribution in [3.8, 4) is 0 Å². The SMILES string of the molecule is Cc1cc(S(=O)(=O)Nc2cc3c4c(c2)CCC(=O)N4CCC3)c(Cl)cc1Cl. The van der Waals surface area contributed by atoms with Crippen LogP contribution in [0.3, 0.4) is 0 Å². The van der Waals surface area contributed by atoms with Gasteiger partial charge in [-0.2, -0.15) is 0 Å². The maximum absolute atomic E-state index is 12.9. The molecule has 27 heavy (non-hydrogen) atoms. The smallest absolute Gasteiger partial charge is 0.263 e. The van der Waals surface area contributed by atoms with Crippen molar-refractivity contribution >= 4 is 50.5 Å². The zero-order valence-corrected chi connectivity index (χ0v) is 17.0. The first-order chi connectivity index (χ1) is 12.8. The van der Waals surface area contributed by atoms with Crippen molar-refractivity contribution in [2.24, 2.45) is 0 Å². The van der Waals surface area contributed by atoms with Gasteiger partial charge in [-0.05, 0) is 67.1 Å². The van der Waals surface area contributed by atoms with Gasteiger partial charge in [0.15, 0.2) is 0 Å². The van der Waals surface area contributed by atoms with E-state index in [1.54, 1.807) is 6.92 Å². The second-order valence-corrected chi connectivity index (χ2v) is 9.39. The van der Waals surface area contributed by atoms with Crippen molar-refractivity contribution in [1.82, 2.24) is 0 Å². The first kappa shape index (κ1) is 18.6. The predicted octanol–water partition coefficient (Wildman–Crippen LogP) is 4.33. The van der Waals surface area contributed by atoms with Crippen molar-refractivity contribution in [3.63, 3.8) is 0 Å². The summed E-state index contributed by atoms with van der Waals surface area (Å²) in [7, 11) is -3.86. The summed E-state index contributed by atoms with van der Waals surface area (Å²) in [5.41, 5.74) is 4.09. The van der Waals surface area contributed by atoms with Gasteiger partial charge in [-0.15, -0.1) is 0 Å². The molecule has 2 aliphatic heterocycles. The minimum atomic E-state index is -3.86. The van der Waals surface area contributed by atoms with Gasteiger partial charge in [0, 0.05) is 23.7 Å². The van der Waals surface area contributed by atoms with Gasteiger partial charge in [0.2, 0.25) is 5.91 Å². The lowest BCUT2D eigenvalue weighted by Crippen LogP contribution is -2.39. The fourth-order valence-electron chi connectivity index (χ4n) is 3.76. The predicted molar refractivity (Wildman–Crippen MR) is 107 cm³/mol. The Balaban J connectivity index is 1.74. The average Bonchev–Trinajstić information content (AvgIpc) is 2.60. The highest BCUT2D eigenvalue weighted by molar-refractivity contribution is 7.92. The van der Waals surface area contributed by atoms with E-state index in [0.717, 1.165) is 36.2 Å². The molecular formula is C19H18Cl2N2O3S. The Morgan fingerprint density at radius 3 is 2.44 bits per heavy atom. The molecule has 4 rings (SSSR count). The lowest BCUT2D eigenvalue weighted by Gasteiger charge is -2.35. The lowest BCUT2D eigenvalue weighted by molar-refractivity contribution is -0.119.